The number of hydrazine groups is 1. The van der Waals surface area contributed by atoms with Gasteiger partial charge < -0.3 is 5.43 Å². The first-order valence-electron chi connectivity index (χ1n) is 4.21. The summed E-state index contributed by atoms with van der Waals surface area (Å²) < 4.78 is 1.75. The summed E-state index contributed by atoms with van der Waals surface area (Å²) in [5, 5.41) is 4.20. The summed E-state index contributed by atoms with van der Waals surface area (Å²) in [6, 6.07) is 1.94. The number of nitrogens with one attached hydrogen (secondary N) is 1. The van der Waals surface area contributed by atoms with Gasteiger partial charge in [-0.1, -0.05) is 0 Å². The molecule has 0 saturated carbocycles. The van der Waals surface area contributed by atoms with E-state index in [0.29, 0.717) is 12.4 Å². The maximum Gasteiger partial charge on any atom is 0.161 e. The highest BCUT2D eigenvalue weighted by Gasteiger charge is 2.07. The molecule has 0 fully saturated rings. The van der Waals surface area contributed by atoms with Gasteiger partial charge in [0.1, 0.15) is 5.69 Å². The molecule has 0 spiro atoms. The summed E-state index contributed by atoms with van der Waals surface area (Å²) in [7, 11) is 1.87. The highest BCUT2D eigenvalue weighted by molar-refractivity contribution is 5.96. The summed E-state index contributed by atoms with van der Waals surface area (Å²) in [5.74, 6) is 6.02. The zero-order valence-electron chi connectivity index (χ0n) is 8.20. The first-order valence-corrected chi connectivity index (χ1v) is 4.21. The third-order valence-electron chi connectivity index (χ3n) is 1.70. The normalized spacial score (nSPS) is 11.8. The van der Waals surface area contributed by atoms with Crippen molar-refractivity contribution >= 4 is 5.84 Å². The van der Waals surface area contributed by atoms with Gasteiger partial charge in [-0.25, -0.2) is 5.84 Å². The smallest absolute Gasteiger partial charge is 0.161 e. The molecule has 0 radical (unpaired) electrons. The lowest BCUT2D eigenvalue weighted by Crippen LogP contribution is -2.32. The number of aryl methyl sites for hydroxylation is 2. The van der Waals surface area contributed by atoms with Crippen molar-refractivity contribution in [3.8, 4) is 0 Å². The molecule has 0 saturated heterocycles. The minimum Gasteiger partial charge on any atom is -0.307 e. The Hall–Kier alpha value is -1.36. The topological polar surface area (TPSA) is 68.2 Å². The molecule has 72 valence electrons. The average molecular weight is 181 g/mol. The van der Waals surface area contributed by atoms with Gasteiger partial charge in [-0.3, -0.25) is 9.67 Å². The molecule has 1 aromatic rings. The molecule has 1 rings (SSSR count). The minimum absolute atomic E-state index is 0.672. The van der Waals surface area contributed by atoms with E-state index in [9.17, 15) is 0 Å². The van der Waals surface area contributed by atoms with Crippen molar-refractivity contribution in [3.63, 3.8) is 0 Å². The number of hydrogen-bond donors (Lipinski definition) is 2. The van der Waals surface area contributed by atoms with Crippen molar-refractivity contribution in [2.75, 3.05) is 6.54 Å². The van der Waals surface area contributed by atoms with E-state index in [1.807, 2.05) is 27.0 Å². The van der Waals surface area contributed by atoms with Crippen LogP contribution in [-0.2, 0) is 7.05 Å². The van der Waals surface area contributed by atoms with Crippen LogP contribution >= 0.6 is 0 Å². The van der Waals surface area contributed by atoms with E-state index in [2.05, 4.69) is 15.5 Å². The molecule has 0 unspecified atom stereocenters. The molecular formula is C8H15N5. The van der Waals surface area contributed by atoms with E-state index in [0.717, 1.165) is 11.4 Å². The summed E-state index contributed by atoms with van der Waals surface area (Å²) in [6.07, 6.45) is 0. The molecule has 0 aliphatic carbocycles. The molecule has 0 aliphatic heterocycles. The monoisotopic (exact) mass is 181 g/mol. The zero-order chi connectivity index (χ0) is 9.84. The van der Waals surface area contributed by atoms with Crippen LogP contribution in [-0.4, -0.2) is 22.2 Å². The van der Waals surface area contributed by atoms with Crippen molar-refractivity contribution in [3.05, 3.63) is 17.5 Å². The van der Waals surface area contributed by atoms with Crippen molar-refractivity contribution in [2.24, 2.45) is 17.9 Å². The van der Waals surface area contributed by atoms with E-state index in [-0.39, 0.29) is 0 Å². The fourth-order valence-electron chi connectivity index (χ4n) is 1.19. The second-order valence-electron chi connectivity index (χ2n) is 2.76. The Morgan fingerprint density at radius 2 is 2.46 bits per heavy atom. The molecule has 5 nitrogen and oxygen atoms in total. The Morgan fingerprint density at radius 3 is 2.85 bits per heavy atom. The van der Waals surface area contributed by atoms with Crippen LogP contribution in [0.15, 0.2) is 11.1 Å². The quantitative estimate of drug-likeness (QED) is 0.291. The maximum atomic E-state index is 5.35. The van der Waals surface area contributed by atoms with Gasteiger partial charge in [0.15, 0.2) is 5.84 Å². The van der Waals surface area contributed by atoms with Gasteiger partial charge in [0.2, 0.25) is 0 Å². The van der Waals surface area contributed by atoms with Gasteiger partial charge in [-0.15, -0.1) is 0 Å². The van der Waals surface area contributed by atoms with E-state index < -0.39 is 0 Å². The number of aromatic nitrogens is 2. The molecule has 1 heterocycles. The summed E-state index contributed by atoms with van der Waals surface area (Å²) >= 11 is 0. The number of nitrogens with zero attached hydrogens (tertiary/aromatic N) is 3. The number of rotatable bonds is 2. The summed E-state index contributed by atoms with van der Waals surface area (Å²) in [6.45, 7) is 4.59. The molecule has 0 atom stereocenters. The van der Waals surface area contributed by atoms with Crippen LogP contribution in [0.4, 0.5) is 0 Å². The lowest BCUT2D eigenvalue weighted by molar-refractivity contribution is 0.743. The average Bonchev–Trinajstić information content (AvgIpc) is 2.41. The van der Waals surface area contributed by atoms with Crippen LogP contribution in [0.5, 0.6) is 0 Å². The van der Waals surface area contributed by atoms with Crippen LogP contribution in [0.25, 0.3) is 0 Å². The van der Waals surface area contributed by atoms with Gasteiger partial charge >= 0.3 is 0 Å². The van der Waals surface area contributed by atoms with Crippen LogP contribution in [0.1, 0.15) is 18.3 Å². The van der Waals surface area contributed by atoms with Crippen molar-refractivity contribution in [1.29, 1.82) is 0 Å². The summed E-state index contributed by atoms with van der Waals surface area (Å²) in [5.41, 5.74) is 4.42. The third kappa shape index (κ3) is 2.06. The number of amidine groups is 1. The summed E-state index contributed by atoms with van der Waals surface area (Å²) in [4.78, 5) is 4.21. The second-order valence-corrected chi connectivity index (χ2v) is 2.76. The maximum absolute atomic E-state index is 5.35. The number of nitrogens with two attached hydrogens (primary N) is 1. The fourth-order valence-corrected chi connectivity index (χ4v) is 1.19. The molecule has 3 N–H and O–H groups in total. The molecule has 0 bridgehead atoms. The lowest BCUT2D eigenvalue weighted by atomic mass is 10.3. The fraction of sp³-hybridized carbons (Fsp3) is 0.500. The van der Waals surface area contributed by atoms with Gasteiger partial charge in [0.05, 0.1) is 5.69 Å². The molecule has 0 amide bonds. The van der Waals surface area contributed by atoms with E-state index in [1.165, 1.54) is 0 Å². The number of hydrogen-bond acceptors (Lipinski definition) is 3. The van der Waals surface area contributed by atoms with Gasteiger partial charge in [-0.05, 0) is 19.9 Å². The minimum atomic E-state index is 0.672. The first-order chi connectivity index (χ1) is 6.19. The van der Waals surface area contributed by atoms with Crippen LogP contribution < -0.4 is 11.3 Å². The molecule has 13 heavy (non-hydrogen) atoms. The van der Waals surface area contributed by atoms with Crippen molar-refractivity contribution in [1.82, 2.24) is 15.2 Å². The first kappa shape index (κ1) is 9.73. The molecule has 1 aromatic heterocycles. The molecule has 0 aromatic carbocycles. The van der Waals surface area contributed by atoms with Crippen molar-refractivity contribution < 1.29 is 0 Å². The van der Waals surface area contributed by atoms with E-state index in [4.69, 9.17) is 5.84 Å². The van der Waals surface area contributed by atoms with Crippen LogP contribution in [0.2, 0.25) is 0 Å². The van der Waals surface area contributed by atoms with Crippen LogP contribution in [0.3, 0.4) is 0 Å². The van der Waals surface area contributed by atoms with Gasteiger partial charge in [0, 0.05) is 13.6 Å². The molecule has 5 heteroatoms. The Bertz CT molecular complexity index is 312. The predicted octanol–water partition coefficient (Wildman–Crippen LogP) is -0.0417. The Balaban J connectivity index is 3.04. The van der Waals surface area contributed by atoms with Crippen LogP contribution in [0, 0.1) is 6.92 Å². The predicted molar refractivity (Wildman–Crippen MR) is 52.3 cm³/mol. The van der Waals surface area contributed by atoms with Gasteiger partial charge in [-0.2, -0.15) is 5.10 Å². The van der Waals surface area contributed by atoms with E-state index >= 15 is 0 Å². The molecular weight excluding hydrogens is 166 g/mol. The van der Waals surface area contributed by atoms with Crippen molar-refractivity contribution in [2.45, 2.75) is 13.8 Å². The lowest BCUT2D eigenvalue weighted by Gasteiger charge is -2.04. The molecule has 0 aliphatic rings. The third-order valence-corrected chi connectivity index (χ3v) is 1.70. The largest absolute Gasteiger partial charge is 0.307 e. The second kappa shape index (κ2) is 4.04. The highest BCUT2D eigenvalue weighted by Crippen LogP contribution is 2.01. The Morgan fingerprint density at radius 1 is 1.77 bits per heavy atom. The van der Waals surface area contributed by atoms with E-state index in [1.54, 1.807) is 4.68 Å². The van der Waals surface area contributed by atoms with Gasteiger partial charge in [0.25, 0.3) is 0 Å². The zero-order valence-corrected chi connectivity index (χ0v) is 8.20. The number of aliphatic imine (C=N–C) groups is 1. The SMILES string of the molecule is CCN=C(NN)c1cc(C)nn1C. The highest BCUT2D eigenvalue weighted by atomic mass is 15.3. The Labute approximate surface area is 77.6 Å². The standard InChI is InChI=1S/C8H15N5/c1-4-10-8(11-9)7-5-6(2)12-13(7)3/h5H,4,9H2,1-3H3,(H,10,11). The Kier molecular flexibility index (Phi) is 3.02.